The van der Waals surface area contributed by atoms with Crippen LogP contribution < -0.4 is 9.47 Å². The number of Topliss-reactive ketones (excluding diaryl/α,β-unsaturated/α-hetero) is 1. The third-order valence-electron chi connectivity index (χ3n) is 5.40. The number of amides is 1. The second-order valence-corrected chi connectivity index (χ2v) is 7.70. The predicted molar refractivity (Wildman–Crippen MR) is 112 cm³/mol. The molecule has 1 fully saturated rings. The molecule has 0 unspecified atom stereocenters. The highest BCUT2D eigenvalue weighted by Crippen LogP contribution is 2.32. The topological polar surface area (TPSA) is 55.8 Å². The number of fused-ring (bicyclic) bond motifs is 1. The summed E-state index contributed by atoms with van der Waals surface area (Å²) in [6.07, 6.45) is 3.88. The van der Waals surface area contributed by atoms with Crippen LogP contribution in [0.3, 0.4) is 0 Å². The molecule has 0 spiro atoms. The summed E-state index contributed by atoms with van der Waals surface area (Å²) >= 11 is 5.98. The largest absolute Gasteiger partial charge is 0.486 e. The molecule has 2 aliphatic rings. The van der Waals surface area contributed by atoms with Gasteiger partial charge in [0, 0.05) is 36.2 Å². The molecule has 0 aromatic heterocycles. The number of hydrogen-bond donors (Lipinski definition) is 0. The first kappa shape index (κ1) is 20.4. The molecule has 0 N–H and O–H groups in total. The zero-order valence-electron chi connectivity index (χ0n) is 16.3. The van der Waals surface area contributed by atoms with E-state index in [-0.39, 0.29) is 28.2 Å². The Morgan fingerprint density at radius 2 is 1.80 bits per heavy atom. The van der Waals surface area contributed by atoms with Gasteiger partial charge in [-0.1, -0.05) is 17.7 Å². The van der Waals surface area contributed by atoms with Gasteiger partial charge in [-0.3, -0.25) is 9.59 Å². The number of hydrogen-bond acceptors (Lipinski definition) is 4. The van der Waals surface area contributed by atoms with Crippen LogP contribution in [0.4, 0.5) is 4.39 Å². The Kier molecular flexibility index (Phi) is 6.04. The SMILES string of the molecule is O=C(c1ccc2c(c1)OCCO2)C1CCN(C(=O)/C=C/c2c(F)cccc2Cl)CC1. The quantitative estimate of drug-likeness (QED) is 0.534. The smallest absolute Gasteiger partial charge is 0.246 e. The standard InChI is InChI=1S/C23H21ClFNO4/c24-18-2-1-3-19(25)17(18)5-7-22(27)26-10-8-15(9-11-26)23(28)16-4-6-20-21(14-16)30-13-12-29-20/h1-7,14-15H,8-13H2/b7-5+. The first-order valence-corrected chi connectivity index (χ1v) is 10.3. The van der Waals surface area contributed by atoms with Crippen LogP contribution in [0.5, 0.6) is 11.5 Å². The maximum atomic E-state index is 13.8. The van der Waals surface area contributed by atoms with Gasteiger partial charge in [-0.25, -0.2) is 4.39 Å². The van der Waals surface area contributed by atoms with Gasteiger partial charge in [-0.05, 0) is 49.2 Å². The summed E-state index contributed by atoms with van der Waals surface area (Å²) in [4.78, 5) is 27.0. The number of likely N-dealkylation sites (tertiary alicyclic amines) is 1. The van der Waals surface area contributed by atoms with Crippen molar-refractivity contribution >= 4 is 29.4 Å². The van der Waals surface area contributed by atoms with E-state index in [4.69, 9.17) is 21.1 Å². The van der Waals surface area contributed by atoms with Crippen LogP contribution in [-0.2, 0) is 4.79 Å². The molecule has 4 rings (SSSR count). The van der Waals surface area contributed by atoms with Gasteiger partial charge in [0.25, 0.3) is 0 Å². The number of nitrogens with zero attached hydrogens (tertiary/aromatic N) is 1. The minimum atomic E-state index is -0.477. The summed E-state index contributed by atoms with van der Waals surface area (Å²) < 4.78 is 24.9. The van der Waals surface area contributed by atoms with Crippen LogP contribution in [0.15, 0.2) is 42.5 Å². The zero-order chi connectivity index (χ0) is 21.1. The summed E-state index contributed by atoms with van der Waals surface area (Å²) in [5.74, 6) is 0.445. The van der Waals surface area contributed by atoms with Crippen LogP contribution >= 0.6 is 11.6 Å². The minimum Gasteiger partial charge on any atom is -0.486 e. The van der Waals surface area contributed by atoms with Crippen molar-refractivity contribution < 1.29 is 23.5 Å². The van der Waals surface area contributed by atoms with Crippen LogP contribution in [0, 0.1) is 11.7 Å². The van der Waals surface area contributed by atoms with Gasteiger partial charge in [-0.2, -0.15) is 0 Å². The maximum Gasteiger partial charge on any atom is 0.246 e. The van der Waals surface area contributed by atoms with Crippen molar-refractivity contribution in [2.45, 2.75) is 12.8 Å². The Bertz CT molecular complexity index is 978. The lowest BCUT2D eigenvalue weighted by Crippen LogP contribution is -2.39. The van der Waals surface area contributed by atoms with E-state index in [2.05, 4.69) is 0 Å². The molecular formula is C23H21ClFNO4. The third kappa shape index (κ3) is 4.33. The van der Waals surface area contributed by atoms with Crippen molar-refractivity contribution in [3.05, 3.63) is 64.4 Å². The average Bonchev–Trinajstić information content (AvgIpc) is 2.78. The third-order valence-corrected chi connectivity index (χ3v) is 5.73. The van der Waals surface area contributed by atoms with Crippen molar-refractivity contribution in [3.63, 3.8) is 0 Å². The number of halogens is 2. The molecule has 2 aliphatic heterocycles. The van der Waals surface area contributed by atoms with Crippen LogP contribution in [0.1, 0.15) is 28.8 Å². The Labute approximate surface area is 179 Å². The van der Waals surface area contributed by atoms with Crippen LogP contribution in [0.2, 0.25) is 5.02 Å². The molecule has 1 amide bonds. The van der Waals surface area contributed by atoms with Crippen molar-refractivity contribution in [1.29, 1.82) is 0 Å². The van der Waals surface area contributed by atoms with Crippen molar-refractivity contribution in [1.82, 2.24) is 4.90 Å². The lowest BCUT2D eigenvalue weighted by Gasteiger charge is -2.30. The number of carbonyl (C=O) groups excluding carboxylic acids is 2. The number of ketones is 1. The van der Waals surface area contributed by atoms with Crippen molar-refractivity contribution in [2.24, 2.45) is 5.92 Å². The van der Waals surface area contributed by atoms with Crippen molar-refractivity contribution in [2.75, 3.05) is 26.3 Å². The number of benzene rings is 2. The molecule has 156 valence electrons. The zero-order valence-corrected chi connectivity index (χ0v) is 17.0. The Hall–Kier alpha value is -2.86. The summed E-state index contributed by atoms with van der Waals surface area (Å²) in [5.41, 5.74) is 0.786. The highest BCUT2D eigenvalue weighted by Gasteiger charge is 2.28. The molecule has 2 aromatic carbocycles. The fourth-order valence-electron chi connectivity index (χ4n) is 3.72. The average molecular weight is 430 g/mol. The number of carbonyl (C=O) groups is 2. The van der Waals surface area contributed by atoms with E-state index in [9.17, 15) is 14.0 Å². The van der Waals surface area contributed by atoms with E-state index in [0.717, 1.165) is 0 Å². The molecule has 2 heterocycles. The maximum absolute atomic E-state index is 13.8. The lowest BCUT2D eigenvalue weighted by atomic mass is 9.88. The normalized spacial score (nSPS) is 16.7. The molecule has 7 heteroatoms. The molecule has 0 bridgehead atoms. The fourth-order valence-corrected chi connectivity index (χ4v) is 3.95. The van der Waals surface area contributed by atoms with E-state index < -0.39 is 5.82 Å². The molecule has 0 saturated carbocycles. The molecule has 0 atom stereocenters. The molecular weight excluding hydrogens is 409 g/mol. The first-order chi connectivity index (χ1) is 14.5. The van der Waals surface area contributed by atoms with E-state index in [1.807, 2.05) is 0 Å². The molecule has 1 saturated heterocycles. The molecule has 0 radical (unpaired) electrons. The fraction of sp³-hybridized carbons (Fsp3) is 0.304. The Morgan fingerprint density at radius 3 is 2.53 bits per heavy atom. The second-order valence-electron chi connectivity index (χ2n) is 7.29. The van der Waals surface area contributed by atoms with Crippen LogP contribution in [0.25, 0.3) is 6.08 Å². The van der Waals surface area contributed by atoms with Gasteiger partial charge in [-0.15, -0.1) is 0 Å². The van der Waals surface area contributed by atoms with Crippen LogP contribution in [-0.4, -0.2) is 42.9 Å². The molecule has 0 aliphatic carbocycles. The summed E-state index contributed by atoms with van der Waals surface area (Å²) in [6.45, 7) is 1.91. The highest BCUT2D eigenvalue weighted by atomic mass is 35.5. The van der Waals surface area contributed by atoms with Gasteiger partial charge in [0.2, 0.25) is 5.91 Å². The van der Waals surface area contributed by atoms with Gasteiger partial charge in [0.15, 0.2) is 17.3 Å². The monoisotopic (exact) mass is 429 g/mol. The number of piperidine rings is 1. The van der Waals surface area contributed by atoms with Gasteiger partial charge >= 0.3 is 0 Å². The van der Waals surface area contributed by atoms with Gasteiger partial charge < -0.3 is 14.4 Å². The van der Waals surface area contributed by atoms with Gasteiger partial charge in [0.05, 0.1) is 5.02 Å². The highest BCUT2D eigenvalue weighted by molar-refractivity contribution is 6.32. The molecule has 5 nitrogen and oxygen atoms in total. The predicted octanol–water partition coefficient (Wildman–Crippen LogP) is 4.39. The van der Waals surface area contributed by atoms with Gasteiger partial charge in [0.1, 0.15) is 19.0 Å². The van der Waals surface area contributed by atoms with E-state index in [1.54, 1.807) is 29.2 Å². The number of rotatable bonds is 4. The molecule has 30 heavy (non-hydrogen) atoms. The van der Waals surface area contributed by atoms with E-state index in [0.29, 0.717) is 56.2 Å². The minimum absolute atomic E-state index is 0.0488. The summed E-state index contributed by atoms with van der Waals surface area (Å²) in [7, 11) is 0. The Morgan fingerprint density at radius 1 is 1.07 bits per heavy atom. The second kappa shape index (κ2) is 8.88. The molecule has 2 aromatic rings. The number of ether oxygens (including phenoxy) is 2. The van der Waals surface area contributed by atoms with Crippen molar-refractivity contribution in [3.8, 4) is 11.5 Å². The summed E-state index contributed by atoms with van der Waals surface area (Å²) in [5, 5.41) is 0.253. The Balaban J connectivity index is 1.36. The summed E-state index contributed by atoms with van der Waals surface area (Å²) in [6, 6.07) is 9.64. The lowest BCUT2D eigenvalue weighted by molar-refractivity contribution is -0.127. The first-order valence-electron chi connectivity index (χ1n) is 9.88. The van der Waals surface area contributed by atoms with E-state index in [1.165, 1.54) is 24.3 Å². The van der Waals surface area contributed by atoms with E-state index >= 15 is 0 Å².